The van der Waals surface area contributed by atoms with Crippen molar-refractivity contribution in [3.8, 4) is 18.2 Å². The molecule has 0 atom stereocenters. The Labute approximate surface area is 76.6 Å². The minimum atomic E-state index is -0.210. The number of allylic oxidation sites excluding steroid dienone is 3. The summed E-state index contributed by atoms with van der Waals surface area (Å²) in [5.41, 5.74) is -0.197. The van der Waals surface area contributed by atoms with E-state index >= 15 is 0 Å². The zero-order chi connectivity index (χ0) is 10.1. The van der Waals surface area contributed by atoms with Gasteiger partial charge in [-0.1, -0.05) is 0 Å². The first-order chi connectivity index (χ1) is 6.29. The fraction of sp³-hybridized carbons (Fsp3) is 0.222. The van der Waals surface area contributed by atoms with Crippen LogP contribution in [-0.2, 0) is 4.74 Å². The van der Waals surface area contributed by atoms with Crippen molar-refractivity contribution in [3.63, 3.8) is 0 Å². The van der Waals surface area contributed by atoms with Crippen molar-refractivity contribution < 1.29 is 4.74 Å². The molecule has 0 aromatic rings. The molecular formula is C9H7N3O. The van der Waals surface area contributed by atoms with Crippen molar-refractivity contribution in [3.05, 3.63) is 23.5 Å². The molecule has 0 aromatic carbocycles. The number of nitriles is 3. The average molecular weight is 173 g/mol. The predicted molar refractivity (Wildman–Crippen MR) is 44.6 cm³/mol. The summed E-state index contributed by atoms with van der Waals surface area (Å²) in [7, 11) is 0. The number of hydrogen-bond acceptors (Lipinski definition) is 4. The fourth-order valence-corrected chi connectivity index (χ4v) is 0.534. The van der Waals surface area contributed by atoms with Gasteiger partial charge in [0.1, 0.15) is 23.8 Å². The molecule has 0 amide bonds. The lowest BCUT2D eigenvalue weighted by atomic mass is 10.1. The second kappa shape index (κ2) is 6.46. The highest BCUT2D eigenvalue weighted by molar-refractivity contribution is 5.50. The van der Waals surface area contributed by atoms with Gasteiger partial charge in [-0.25, -0.2) is 0 Å². The maximum atomic E-state index is 8.54. The third-order valence-electron chi connectivity index (χ3n) is 1.11. The lowest BCUT2D eigenvalue weighted by molar-refractivity contribution is 0.269. The van der Waals surface area contributed by atoms with Gasteiger partial charge in [0.05, 0.1) is 18.4 Å². The first-order valence-corrected chi connectivity index (χ1v) is 3.52. The van der Waals surface area contributed by atoms with E-state index in [1.807, 2.05) is 0 Å². The Morgan fingerprint density at radius 1 is 1.23 bits per heavy atom. The van der Waals surface area contributed by atoms with E-state index in [1.54, 1.807) is 25.1 Å². The molecule has 0 aliphatic rings. The van der Waals surface area contributed by atoms with Crippen LogP contribution in [0.5, 0.6) is 0 Å². The Morgan fingerprint density at radius 3 is 2.23 bits per heavy atom. The molecule has 0 saturated heterocycles. The monoisotopic (exact) mass is 173 g/mol. The molecule has 0 radical (unpaired) electrons. The summed E-state index contributed by atoms with van der Waals surface area (Å²) in [6, 6.07) is 4.97. The SMILES string of the molecule is CCO/C=C/C(C#N)=C(C#N)C#N. The van der Waals surface area contributed by atoms with Gasteiger partial charge in [0.15, 0.2) is 0 Å². The number of hydrogen-bond donors (Lipinski definition) is 0. The summed E-state index contributed by atoms with van der Waals surface area (Å²) in [6.45, 7) is 2.26. The Hall–Kier alpha value is -2.25. The maximum absolute atomic E-state index is 8.54. The highest BCUT2D eigenvalue weighted by Crippen LogP contribution is 2.03. The first-order valence-electron chi connectivity index (χ1n) is 3.52. The van der Waals surface area contributed by atoms with Crippen molar-refractivity contribution in [2.75, 3.05) is 6.61 Å². The molecule has 0 heterocycles. The molecule has 0 bridgehead atoms. The summed E-state index contributed by atoms with van der Waals surface area (Å²) in [4.78, 5) is 0. The van der Waals surface area contributed by atoms with E-state index in [1.165, 1.54) is 12.3 Å². The maximum Gasteiger partial charge on any atom is 0.147 e. The summed E-state index contributed by atoms with van der Waals surface area (Å²) in [6.07, 6.45) is 2.58. The van der Waals surface area contributed by atoms with Crippen LogP contribution in [0.4, 0.5) is 0 Å². The minimum Gasteiger partial charge on any atom is -0.501 e. The lowest BCUT2D eigenvalue weighted by Crippen LogP contribution is -1.83. The second-order valence-electron chi connectivity index (χ2n) is 1.88. The van der Waals surface area contributed by atoms with E-state index < -0.39 is 0 Å². The molecule has 0 rings (SSSR count). The minimum absolute atomic E-state index is 0.0125. The highest BCUT2D eigenvalue weighted by Gasteiger charge is 2.00. The van der Waals surface area contributed by atoms with Crippen LogP contribution in [0.25, 0.3) is 0 Å². The van der Waals surface area contributed by atoms with Crippen molar-refractivity contribution in [2.24, 2.45) is 0 Å². The number of ether oxygens (including phenoxy) is 1. The highest BCUT2D eigenvalue weighted by atomic mass is 16.5. The van der Waals surface area contributed by atoms with Crippen molar-refractivity contribution in [2.45, 2.75) is 6.92 Å². The molecule has 0 fully saturated rings. The van der Waals surface area contributed by atoms with E-state index in [-0.39, 0.29) is 11.1 Å². The van der Waals surface area contributed by atoms with Crippen LogP contribution in [0.15, 0.2) is 23.5 Å². The van der Waals surface area contributed by atoms with E-state index in [2.05, 4.69) is 0 Å². The molecule has 4 heteroatoms. The van der Waals surface area contributed by atoms with Crippen LogP contribution >= 0.6 is 0 Å². The lowest BCUT2D eigenvalue weighted by Gasteiger charge is -1.91. The van der Waals surface area contributed by atoms with E-state index in [9.17, 15) is 0 Å². The van der Waals surface area contributed by atoms with Gasteiger partial charge in [-0.15, -0.1) is 0 Å². The molecule has 0 aliphatic carbocycles. The Morgan fingerprint density at radius 2 is 1.85 bits per heavy atom. The van der Waals surface area contributed by atoms with Gasteiger partial charge in [-0.2, -0.15) is 15.8 Å². The largest absolute Gasteiger partial charge is 0.501 e. The first kappa shape index (κ1) is 10.8. The average Bonchev–Trinajstić information content (AvgIpc) is 2.17. The molecule has 0 spiro atoms. The third-order valence-corrected chi connectivity index (χ3v) is 1.11. The topological polar surface area (TPSA) is 80.6 Å². The molecule has 13 heavy (non-hydrogen) atoms. The van der Waals surface area contributed by atoms with E-state index in [0.29, 0.717) is 6.61 Å². The van der Waals surface area contributed by atoms with Gasteiger partial charge < -0.3 is 4.74 Å². The van der Waals surface area contributed by atoms with Gasteiger partial charge in [-0.3, -0.25) is 0 Å². The third kappa shape index (κ3) is 3.60. The molecular weight excluding hydrogens is 166 g/mol. The van der Waals surface area contributed by atoms with Gasteiger partial charge in [0.25, 0.3) is 0 Å². The smallest absolute Gasteiger partial charge is 0.147 e. The van der Waals surface area contributed by atoms with Gasteiger partial charge in [-0.05, 0) is 13.0 Å². The standard InChI is InChI=1S/C9H7N3O/c1-2-13-4-3-8(5-10)9(6-11)7-12/h3-4H,2H2,1H3/b4-3+. The summed E-state index contributed by atoms with van der Waals surface area (Å²) in [5.74, 6) is 0. The molecule has 0 saturated carbocycles. The molecule has 4 nitrogen and oxygen atoms in total. The van der Waals surface area contributed by atoms with Crippen LogP contribution in [0.1, 0.15) is 6.92 Å². The molecule has 0 aromatic heterocycles. The molecule has 0 N–H and O–H groups in total. The van der Waals surface area contributed by atoms with Gasteiger partial charge >= 0.3 is 0 Å². The molecule has 0 aliphatic heterocycles. The predicted octanol–water partition coefficient (Wildman–Crippen LogP) is 1.40. The Bertz CT molecular complexity index is 331. The van der Waals surface area contributed by atoms with Crippen LogP contribution < -0.4 is 0 Å². The zero-order valence-corrected chi connectivity index (χ0v) is 7.11. The zero-order valence-electron chi connectivity index (χ0n) is 7.11. The summed E-state index contributed by atoms with van der Waals surface area (Å²) in [5, 5.41) is 25.4. The Balaban J connectivity index is 4.75. The second-order valence-corrected chi connectivity index (χ2v) is 1.88. The van der Waals surface area contributed by atoms with Gasteiger partial charge in [0, 0.05) is 0 Å². The molecule has 64 valence electrons. The fourth-order valence-electron chi connectivity index (χ4n) is 0.534. The van der Waals surface area contributed by atoms with Crippen LogP contribution in [-0.4, -0.2) is 6.61 Å². The Kier molecular flexibility index (Phi) is 5.34. The van der Waals surface area contributed by atoms with Gasteiger partial charge in [0.2, 0.25) is 0 Å². The van der Waals surface area contributed by atoms with Crippen LogP contribution in [0, 0.1) is 34.0 Å². The van der Waals surface area contributed by atoms with E-state index in [4.69, 9.17) is 20.5 Å². The van der Waals surface area contributed by atoms with E-state index in [0.717, 1.165) is 0 Å². The normalized spacial score (nSPS) is 8.15. The van der Waals surface area contributed by atoms with Crippen molar-refractivity contribution in [1.29, 1.82) is 15.8 Å². The quantitative estimate of drug-likeness (QED) is 0.367. The van der Waals surface area contributed by atoms with Crippen molar-refractivity contribution in [1.82, 2.24) is 0 Å². The van der Waals surface area contributed by atoms with Crippen molar-refractivity contribution >= 4 is 0 Å². The van der Waals surface area contributed by atoms with Crippen LogP contribution in [0.2, 0.25) is 0 Å². The number of nitrogens with zero attached hydrogens (tertiary/aromatic N) is 3. The van der Waals surface area contributed by atoms with Crippen LogP contribution in [0.3, 0.4) is 0 Å². The summed E-state index contributed by atoms with van der Waals surface area (Å²) < 4.78 is 4.82. The summed E-state index contributed by atoms with van der Waals surface area (Å²) >= 11 is 0. The molecule has 0 unspecified atom stereocenters. The number of rotatable bonds is 3.